The molecule has 0 nitrogen and oxygen atoms in total. The van der Waals surface area contributed by atoms with Crippen molar-refractivity contribution in [3.63, 3.8) is 0 Å². The van der Waals surface area contributed by atoms with E-state index in [1.807, 2.05) is 0 Å². The van der Waals surface area contributed by atoms with Crippen molar-refractivity contribution in [2.75, 3.05) is 0 Å². The Hall–Kier alpha value is 2.68. The van der Waals surface area contributed by atoms with Gasteiger partial charge in [-0.1, -0.05) is 0 Å². The van der Waals surface area contributed by atoms with Gasteiger partial charge < -0.3 is 0 Å². The monoisotopic (exact) mass is 354 g/mol. The predicted molar refractivity (Wildman–Crippen MR) is 40.9 cm³/mol. The molecule has 0 saturated heterocycles. The first-order valence-corrected chi connectivity index (χ1v) is 0. The molecule has 0 aliphatic rings. The Morgan fingerprint density at radius 1 is 1.00 bits per heavy atom. The van der Waals surface area contributed by atoms with Crippen LogP contribution in [0.25, 0.3) is 0 Å². The Morgan fingerprint density at radius 2 is 1.00 bits per heavy atom. The topological polar surface area (TPSA) is 0 Å². The van der Waals surface area contributed by atoms with Crippen molar-refractivity contribution in [1.82, 2.24) is 0 Å². The van der Waals surface area contributed by atoms with Crippen LogP contribution in [0.15, 0.2) is 0 Å². The average Bonchev–Trinajstić information content (AvgIpc) is 0. The van der Waals surface area contributed by atoms with E-state index in [-0.39, 0.29) is 78.1 Å². The molecule has 2 atom stereocenters. The fourth-order valence-electron chi connectivity index (χ4n) is 0. The number of hydrogen-bond acceptors (Lipinski definition) is 0. The van der Waals surface area contributed by atoms with Crippen molar-refractivity contribution in [2.45, 2.75) is 0 Å². The van der Waals surface area contributed by atoms with Crippen molar-refractivity contribution in [3.8, 4) is 0 Å². The molecule has 0 aliphatic carbocycles. The van der Waals surface area contributed by atoms with E-state index in [2.05, 4.69) is 0 Å². The maximum atomic E-state index is 0. The zero-order valence-electron chi connectivity index (χ0n) is 2.12. The predicted octanol–water partition coefficient (Wildman–Crippen LogP) is -3.49. The summed E-state index contributed by atoms with van der Waals surface area (Å²) in [6, 6.07) is 0. The molecule has 0 aliphatic heterocycles. The van der Waals surface area contributed by atoms with Crippen molar-refractivity contribution < 1.29 is 0 Å². The zero-order valence-corrected chi connectivity index (χ0v) is 10.5. The van der Waals surface area contributed by atoms with Crippen LogP contribution in [0.5, 0.6) is 0 Å². The van der Waals surface area contributed by atoms with Crippen molar-refractivity contribution in [1.29, 1.82) is 0 Å². The van der Waals surface area contributed by atoms with E-state index in [1.54, 1.807) is 0 Å². The summed E-state index contributed by atoms with van der Waals surface area (Å²) in [6.07, 6.45) is 0. The molecule has 0 radical (unpaired) electrons. The van der Waals surface area contributed by atoms with Crippen LogP contribution < -0.4 is 0 Å². The number of rotatable bonds is 0. The van der Waals surface area contributed by atoms with Gasteiger partial charge in [0.05, 0.1) is 0 Å². The van der Waals surface area contributed by atoms with Crippen LogP contribution in [0.1, 0.15) is 0 Å². The van der Waals surface area contributed by atoms with Gasteiger partial charge in [0.2, 0.25) is 0 Å². The second kappa shape index (κ2) is 17.3. The molecule has 0 saturated carbocycles. The summed E-state index contributed by atoms with van der Waals surface area (Å²) in [4.78, 5) is 0. The van der Waals surface area contributed by atoms with Crippen molar-refractivity contribution in [3.05, 3.63) is 0 Å². The molecule has 0 aromatic rings. The summed E-state index contributed by atoms with van der Waals surface area (Å²) in [5.41, 5.74) is 0. The first-order chi connectivity index (χ1) is 0. The van der Waals surface area contributed by atoms with Crippen LogP contribution in [0.2, 0.25) is 0 Å². The molecular formula is H12AsInPSb. The molecule has 0 aromatic carbocycles. The molecule has 0 fully saturated rings. The van der Waals surface area contributed by atoms with Gasteiger partial charge in [-0.3, -0.25) is 0 Å². The first-order valence-electron chi connectivity index (χ1n) is 0. The van der Waals surface area contributed by atoms with Gasteiger partial charge in [-0.25, -0.2) is 0 Å². The SMILES string of the molecule is P.[AsH3].[InH3].[SbH3]. The first kappa shape index (κ1) is 30.0. The summed E-state index contributed by atoms with van der Waals surface area (Å²) < 4.78 is 0. The molecule has 0 bridgehead atoms. The van der Waals surface area contributed by atoms with E-state index in [0.717, 1.165) is 0 Å². The fourth-order valence-corrected chi connectivity index (χ4v) is 0. The molecule has 0 heterocycles. The van der Waals surface area contributed by atoms with Gasteiger partial charge in [-0.05, 0) is 0 Å². The molecule has 0 aromatic heterocycles. The summed E-state index contributed by atoms with van der Waals surface area (Å²) in [6.45, 7) is 0. The standard InChI is InChI=1S/AsH3.In.H3P.Sb.6H/h1H3;;1H3;;;;;;;. The fraction of sp³-hybridized carbons (Fsp3) is 0. The third-order valence-corrected chi connectivity index (χ3v) is 0. The Kier molecular flexibility index (Phi) is 130. The second-order valence-electron chi connectivity index (χ2n) is 0. The van der Waals surface area contributed by atoms with Gasteiger partial charge in [0.15, 0.2) is 0 Å². The Balaban J connectivity index is 0. The molecule has 4 heteroatoms. The molecule has 0 rings (SSSR count). The Morgan fingerprint density at radius 3 is 1.00 bits per heavy atom. The number of hydrogen-bond donors (Lipinski definition) is 0. The third kappa shape index (κ3) is 8.82. The minimum absolute atomic E-state index is 0. The van der Waals surface area contributed by atoms with Crippen LogP contribution in [0, 0.1) is 0 Å². The minimum atomic E-state index is 0. The van der Waals surface area contributed by atoms with E-state index in [4.69, 9.17) is 0 Å². The summed E-state index contributed by atoms with van der Waals surface area (Å²) in [5, 5.41) is 0. The van der Waals surface area contributed by atoms with E-state index in [1.165, 1.54) is 0 Å². The average molecular weight is 355 g/mol. The summed E-state index contributed by atoms with van der Waals surface area (Å²) in [7, 11) is 0. The molecular weight excluding hydrogens is 342 g/mol. The van der Waals surface area contributed by atoms with E-state index in [9.17, 15) is 0 Å². The van der Waals surface area contributed by atoms with Crippen LogP contribution in [-0.4, -0.2) is 68.2 Å². The summed E-state index contributed by atoms with van der Waals surface area (Å²) in [5.74, 6) is 0. The third-order valence-electron chi connectivity index (χ3n) is 0. The molecule has 0 N–H and O–H groups in total. The van der Waals surface area contributed by atoms with Gasteiger partial charge in [-0.15, -0.1) is 0 Å². The van der Waals surface area contributed by atoms with Crippen LogP contribution in [-0.2, 0) is 0 Å². The maximum absolute atomic E-state index is 0. The van der Waals surface area contributed by atoms with Gasteiger partial charge >= 0.3 is 68.2 Å². The Bertz CT molecular complexity index is 8.00. The Labute approximate surface area is 77.0 Å². The van der Waals surface area contributed by atoms with E-state index in [0.29, 0.717) is 0 Å². The molecule has 2 unspecified atom stereocenters. The summed E-state index contributed by atoms with van der Waals surface area (Å²) >= 11 is 0. The van der Waals surface area contributed by atoms with Crippen LogP contribution in [0.3, 0.4) is 0 Å². The molecule has 0 spiro atoms. The van der Waals surface area contributed by atoms with Gasteiger partial charge in [-0.2, -0.15) is 9.90 Å². The molecule has 0 amide bonds. The van der Waals surface area contributed by atoms with Crippen molar-refractivity contribution in [2.24, 2.45) is 0 Å². The van der Waals surface area contributed by atoms with Gasteiger partial charge in [0.25, 0.3) is 0 Å². The molecule has 4 heavy (non-hydrogen) atoms. The van der Waals surface area contributed by atoms with E-state index >= 15 is 0 Å². The van der Waals surface area contributed by atoms with E-state index < -0.39 is 0 Å². The van der Waals surface area contributed by atoms with Crippen LogP contribution in [0.4, 0.5) is 0 Å². The second-order valence-corrected chi connectivity index (χ2v) is 0. The quantitative estimate of drug-likeness (QED) is 0.313. The van der Waals surface area contributed by atoms with Crippen molar-refractivity contribution >= 4 is 78.1 Å². The molecule has 30 valence electrons. The zero-order chi connectivity index (χ0) is 0. The van der Waals surface area contributed by atoms with Gasteiger partial charge in [0.1, 0.15) is 0 Å². The normalized spacial score (nSPS) is 0. The van der Waals surface area contributed by atoms with Crippen LogP contribution >= 0.6 is 9.90 Å². The van der Waals surface area contributed by atoms with Gasteiger partial charge in [0, 0.05) is 0 Å².